The quantitative estimate of drug-likeness (QED) is 0.167. The molecule has 0 N–H and O–H groups in total. The molecule has 4 heteroatoms. The van der Waals surface area contributed by atoms with E-state index < -0.39 is 0 Å². The second-order valence-corrected chi connectivity index (χ2v) is 14.9. The highest BCUT2D eigenvalue weighted by atomic mass is 15.1. The molecule has 0 fully saturated rings. The molecule has 266 valence electrons. The minimum absolute atomic E-state index is 1.09. The maximum absolute atomic E-state index is 2.43. The zero-order chi connectivity index (χ0) is 37.3. The van der Waals surface area contributed by atoms with Gasteiger partial charge in [0.1, 0.15) is 0 Å². The molecule has 0 aliphatic heterocycles. The van der Waals surface area contributed by atoms with Gasteiger partial charge >= 0.3 is 0 Å². The molecule has 0 aliphatic carbocycles. The summed E-state index contributed by atoms with van der Waals surface area (Å²) in [5.41, 5.74) is 15.2. The molecule has 3 aromatic heterocycles. The molecule has 56 heavy (non-hydrogen) atoms. The summed E-state index contributed by atoms with van der Waals surface area (Å²) in [6.45, 7) is 4.29. The average molecular weight is 719 g/mol. The minimum Gasteiger partial charge on any atom is -0.316 e. The van der Waals surface area contributed by atoms with Crippen molar-refractivity contribution in [3.8, 4) is 17.1 Å². The number of aryl methyl sites for hydroxylation is 2. The molecule has 0 radical (unpaired) electrons. The van der Waals surface area contributed by atoms with Crippen molar-refractivity contribution in [2.75, 3.05) is 4.90 Å². The Balaban J connectivity index is 1.12. The van der Waals surface area contributed by atoms with Crippen LogP contribution in [0.5, 0.6) is 0 Å². The van der Waals surface area contributed by atoms with Crippen LogP contribution in [0.15, 0.2) is 194 Å². The van der Waals surface area contributed by atoms with Gasteiger partial charge in [0, 0.05) is 67.3 Å². The summed E-state index contributed by atoms with van der Waals surface area (Å²) in [6.07, 6.45) is 2.18. The third kappa shape index (κ3) is 5.07. The Kier molecular flexibility index (Phi) is 7.26. The number of anilines is 3. The highest BCUT2D eigenvalue weighted by Gasteiger charge is 2.20. The van der Waals surface area contributed by atoms with Crippen molar-refractivity contribution in [1.82, 2.24) is 13.7 Å². The number of hydrogen-bond acceptors (Lipinski definition) is 1. The molecule has 0 saturated heterocycles. The van der Waals surface area contributed by atoms with Crippen molar-refractivity contribution in [3.05, 3.63) is 205 Å². The molecule has 11 rings (SSSR count). The van der Waals surface area contributed by atoms with Crippen LogP contribution in [-0.2, 0) is 0 Å². The molecule has 0 unspecified atom stereocenters. The summed E-state index contributed by atoms with van der Waals surface area (Å²) in [5, 5.41) is 6.17. The van der Waals surface area contributed by atoms with Crippen LogP contribution in [0.3, 0.4) is 0 Å². The van der Waals surface area contributed by atoms with Crippen LogP contribution in [0.4, 0.5) is 17.1 Å². The highest BCUT2D eigenvalue weighted by molar-refractivity contribution is 6.14. The molecule has 0 bridgehead atoms. The van der Waals surface area contributed by atoms with Crippen molar-refractivity contribution >= 4 is 71.6 Å². The zero-order valence-electron chi connectivity index (χ0n) is 31.3. The van der Waals surface area contributed by atoms with E-state index >= 15 is 0 Å². The van der Waals surface area contributed by atoms with E-state index in [9.17, 15) is 0 Å². The van der Waals surface area contributed by atoms with Gasteiger partial charge in [-0.3, -0.25) is 0 Å². The normalized spacial score (nSPS) is 11.8. The lowest BCUT2D eigenvalue weighted by Gasteiger charge is -2.26. The Labute approximate surface area is 325 Å². The first kappa shape index (κ1) is 32.2. The van der Waals surface area contributed by atoms with E-state index in [1.54, 1.807) is 0 Å². The number of aromatic nitrogens is 3. The molecule has 8 aromatic carbocycles. The fourth-order valence-electron chi connectivity index (χ4n) is 8.67. The van der Waals surface area contributed by atoms with E-state index in [4.69, 9.17) is 0 Å². The van der Waals surface area contributed by atoms with E-state index in [0.29, 0.717) is 0 Å². The summed E-state index contributed by atoms with van der Waals surface area (Å²) in [6, 6.07) is 68.7. The van der Waals surface area contributed by atoms with E-state index in [1.165, 1.54) is 65.6 Å². The molecule has 0 amide bonds. The fraction of sp³-hybridized carbons (Fsp3) is 0.0385. The molecule has 11 aromatic rings. The summed E-state index contributed by atoms with van der Waals surface area (Å²) in [5.74, 6) is 0. The minimum atomic E-state index is 1.09. The summed E-state index contributed by atoms with van der Waals surface area (Å²) in [4.78, 5) is 2.40. The molecule has 0 spiro atoms. The average Bonchev–Trinajstić information content (AvgIpc) is 3.91. The number of nitrogens with zero attached hydrogens (tertiary/aromatic N) is 4. The van der Waals surface area contributed by atoms with Gasteiger partial charge in [-0.15, -0.1) is 0 Å². The van der Waals surface area contributed by atoms with Gasteiger partial charge in [0.25, 0.3) is 0 Å². The van der Waals surface area contributed by atoms with E-state index in [2.05, 4.69) is 227 Å². The lowest BCUT2D eigenvalue weighted by atomic mass is 10.1. The van der Waals surface area contributed by atoms with Crippen LogP contribution < -0.4 is 4.90 Å². The SMILES string of the molecule is Cc1ccc(N(c2cccc(-n3c4ccccc4c4cc5ccn(-c6ccccc6)c5cc43)c2)c2ccc3c(c2)c2ccccc2n3-c2ccc(C)cc2)cc1. The topological polar surface area (TPSA) is 18.0 Å². The first-order valence-corrected chi connectivity index (χ1v) is 19.3. The van der Waals surface area contributed by atoms with E-state index in [1.807, 2.05) is 0 Å². The van der Waals surface area contributed by atoms with E-state index in [-0.39, 0.29) is 0 Å². The molecule has 3 heterocycles. The number of hydrogen-bond donors (Lipinski definition) is 0. The number of para-hydroxylation sites is 3. The second-order valence-electron chi connectivity index (χ2n) is 14.9. The first-order valence-electron chi connectivity index (χ1n) is 19.3. The summed E-state index contributed by atoms with van der Waals surface area (Å²) < 4.78 is 7.11. The first-order chi connectivity index (χ1) is 27.6. The number of fused-ring (bicyclic) bond motifs is 7. The third-order valence-electron chi connectivity index (χ3n) is 11.4. The second kappa shape index (κ2) is 12.6. The van der Waals surface area contributed by atoms with Gasteiger partial charge in [0.15, 0.2) is 0 Å². The van der Waals surface area contributed by atoms with Gasteiger partial charge in [-0.25, -0.2) is 0 Å². The Morgan fingerprint density at radius 1 is 0.339 bits per heavy atom. The van der Waals surface area contributed by atoms with Gasteiger partial charge in [-0.2, -0.15) is 0 Å². The lowest BCUT2D eigenvalue weighted by molar-refractivity contribution is 1.12. The van der Waals surface area contributed by atoms with Gasteiger partial charge in [0.2, 0.25) is 0 Å². The van der Waals surface area contributed by atoms with Gasteiger partial charge < -0.3 is 18.6 Å². The number of benzene rings is 8. The van der Waals surface area contributed by atoms with Crippen LogP contribution in [0.25, 0.3) is 71.6 Å². The molecule has 0 aliphatic rings. The Bertz CT molecular complexity index is 3250. The zero-order valence-corrected chi connectivity index (χ0v) is 31.3. The maximum Gasteiger partial charge on any atom is 0.0562 e. The van der Waals surface area contributed by atoms with Crippen LogP contribution >= 0.6 is 0 Å². The van der Waals surface area contributed by atoms with Crippen LogP contribution in [-0.4, -0.2) is 13.7 Å². The fourth-order valence-corrected chi connectivity index (χ4v) is 8.67. The lowest BCUT2D eigenvalue weighted by Crippen LogP contribution is -2.10. The predicted octanol–water partition coefficient (Wildman–Crippen LogP) is 13.9. The van der Waals surface area contributed by atoms with Gasteiger partial charge in [-0.05, 0) is 117 Å². The monoisotopic (exact) mass is 718 g/mol. The van der Waals surface area contributed by atoms with Crippen LogP contribution in [0.2, 0.25) is 0 Å². The third-order valence-corrected chi connectivity index (χ3v) is 11.4. The van der Waals surface area contributed by atoms with Gasteiger partial charge in [0.05, 0.1) is 27.6 Å². The molecular weight excluding hydrogens is 681 g/mol. The van der Waals surface area contributed by atoms with Crippen LogP contribution in [0, 0.1) is 13.8 Å². The number of rotatable bonds is 6. The van der Waals surface area contributed by atoms with Crippen LogP contribution in [0.1, 0.15) is 11.1 Å². The van der Waals surface area contributed by atoms with Crippen molar-refractivity contribution in [2.24, 2.45) is 0 Å². The maximum atomic E-state index is 2.43. The molecule has 4 nitrogen and oxygen atoms in total. The van der Waals surface area contributed by atoms with Crippen molar-refractivity contribution < 1.29 is 0 Å². The Hall–Kier alpha value is -7.30. The van der Waals surface area contributed by atoms with Gasteiger partial charge in [-0.1, -0.05) is 96.1 Å². The summed E-state index contributed by atoms with van der Waals surface area (Å²) >= 11 is 0. The van der Waals surface area contributed by atoms with E-state index in [0.717, 1.165) is 34.1 Å². The van der Waals surface area contributed by atoms with Crippen molar-refractivity contribution in [3.63, 3.8) is 0 Å². The highest BCUT2D eigenvalue weighted by Crippen LogP contribution is 2.42. The molecular formula is C52H38N4. The Morgan fingerprint density at radius 2 is 0.911 bits per heavy atom. The summed E-state index contributed by atoms with van der Waals surface area (Å²) in [7, 11) is 0. The molecule has 0 atom stereocenters. The van der Waals surface area contributed by atoms with Crippen molar-refractivity contribution in [2.45, 2.75) is 13.8 Å². The Morgan fingerprint density at radius 3 is 1.64 bits per heavy atom. The van der Waals surface area contributed by atoms with Crippen molar-refractivity contribution in [1.29, 1.82) is 0 Å². The standard InChI is InChI=1S/C52H38N4/c1-35-19-23-39(24-20-35)54(43-27-28-50-47(33-43)45-16-7-8-17-48(45)55(50)40-25-21-36(2)22-26-40)41-13-10-14-42(32-41)56-49-18-9-6-15-44(49)46-31-37-29-30-53(51(37)34-52(46)56)38-11-4-3-5-12-38/h3-34H,1-2H3. The largest absolute Gasteiger partial charge is 0.316 e. The smallest absolute Gasteiger partial charge is 0.0562 e. The predicted molar refractivity (Wildman–Crippen MR) is 236 cm³/mol. The molecule has 0 saturated carbocycles.